The van der Waals surface area contributed by atoms with Gasteiger partial charge in [0.2, 0.25) is 0 Å². The number of nitrogens with one attached hydrogen (secondary N) is 1. The van der Waals surface area contributed by atoms with E-state index in [9.17, 15) is 4.79 Å². The van der Waals surface area contributed by atoms with Gasteiger partial charge in [-0.1, -0.05) is 62.4 Å². The van der Waals surface area contributed by atoms with Crippen molar-refractivity contribution in [2.45, 2.75) is 33.0 Å². The molecule has 1 unspecified atom stereocenters. The van der Waals surface area contributed by atoms with E-state index >= 15 is 0 Å². The molecule has 0 saturated carbocycles. The molecule has 23 heavy (non-hydrogen) atoms. The number of rotatable bonds is 6. The van der Waals surface area contributed by atoms with E-state index in [0.717, 1.165) is 29.7 Å². The van der Waals surface area contributed by atoms with Gasteiger partial charge in [0.15, 0.2) is 0 Å². The SMILES string of the molecule is CC(C)CCNC1c2ccccc2C(=O)N1Cc1ccccc1. The second-order valence-corrected chi connectivity index (χ2v) is 6.55. The van der Waals surface area contributed by atoms with Crippen LogP contribution in [0, 0.1) is 5.92 Å². The Morgan fingerprint density at radius 1 is 1.04 bits per heavy atom. The summed E-state index contributed by atoms with van der Waals surface area (Å²) in [6, 6.07) is 18.1. The van der Waals surface area contributed by atoms with E-state index in [2.05, 4.69) is 37.4 Å². The van der Waals surface area contributed by atoms with Crippen molar-refractivity contribution in [3.8, 4) is 0 Å². The first-order valence-corrected chi connectivity index (χ1v) is 8.34. The summed E-state index contributed by atoms with van der Waals surface area (Å²) in [5.41, 5.74) is 3.08. The summed E-state index contributed by atoms with van der Waals surface area (Å²) in [7, 11) is 0. The Morgan fingerprint density at radius 2 is 1.74 bits per heavy atom. The lowest BCUT2D eigenvalue weighted by Gasteiger charge is -2.27. The molecule has 1 aliphatic heterocycles. The van der Waals surface area contributed by atoms with Crippen LogP contribution in [0.5, 0.6) is 0 Å². The van der Waals surface area contributed by atoms with Crippen molar-refractivity contribution in [3.63, 3.8) is 0 Å². The van der Waals surface area contributed by atoms with Crippen LogP contribution in [-0.2, 0) is 6.54 Å². The third-order valence-electron chi connectivity index (χ3n) is 4.31. The summed E-state index contributed by atoms with van der Waals surface area (Å²) in [6.45, 7) is 5.98. The van der Waals surface area contributed by atoms with Crippen LogP contribution in [0.25, 0.3) is 0 Å². The van der Waals surface area contributed by atoms with E-state index in [-0.39, 0.29) is 12.1 Å². The molecule has 0 spiro atoms. The number of carbonyl (C=O) groups excluding carboxylic acids is 1. The molecular weight excluding hydrogens is 284 g/mol. The molecule has 0 fully saturated rings. The maximum atomic E-state index is 12.8. The van der Waals surface area contributed by atoms with Crippen LogP contribution in [0.15, 0.2) is 54.6 Å². The van der Waals surface area contributed by atoms with Crippen LogP contribution in [-0.4, -0.2) is 17.4 Å². The van der Waals surface area contributed by atoms with E-state index in [4.69, 9.17) is 0 Å². The lowest BCUT2D eigenvalue weighted by Crippen LogP contribution is -2.37. The topological polar surface area (TPSA) is 32.3 Å². The normalized spacial score (nSPS) is 16.9. The highest BCUT2D eigenvalue weighted by Crippen LogP contribution is 2.32. The number of benzene rings is 2. The first-order valence-electron chi connectivity index (χ1n) is 8.34. The molecule has 0 aromatic heterocycles. The number of amides is 1. The van der Waals surface area contributed by atoms with Gasteiger partial charge in [0.25, 0.3) is 5.91 Å². The highest BCUT2D eigenvalue weighted by Gasteiger charge is 2.35. The fourth-order valence-corrected chi connectivity index (χ4v) is 3.04. The van der Waals surface area contributed by atoms with Crippen LogP contribution in [0.4, 0.5) is 0 Å². The predicted molar refractivity (Wildman–Crippen MR) is 93.0 cm³/mol. The molecule has 1 heterocycles. The summed E-state index contributed by atoms with van der Waals surface area (Å²) < 4.78 is 0. The quantitative estimate of drug-likeness (QED) is 0.875. The molecule has 1 aliphatic rings. The number of nitrogens with zero attached hydrogens (tertiary/aromatic N) is 1. The zero-order valence-electron chi connectivity index (χ0n) is 13.8. The van der Waals surface area contributed by atoms with Crippen LogP contribution in [0.3, 0.4) is 0 Å². The minimum atomic E-state index is -0.0299. The molecule has 120 valence electrons. The minimum absolute atomic E-state index is 0.0299. The molecule has 0 saturated heterocycles. The van der Waals surface area contributed by atoms with Crippen LogP contribution < -0.4 is 5.32 Å². The largest absolute Gasteiger partial charge is 0.315 e. The van der Waals surface area contributed by atoms with E-state index in [0.29, 0.717) is 12.5 Å². The molecule has 1 N–H and O–H groups in total. The Labute approximate surface area is 138 Å². The number of hydrogen-bond donors (Lipinski definition) is 1. The average molecular weight is 308 g/mol. The van der Waals surface area contributed by atoms with Crippen molar-refractivity contribution >= 4 is 5.91 Å². The maximum Gasteiger partial charge on any atom is 0.256 e. The van der Waals surface area contributed by atoms with Crippen LogP contribution in [0.2, 0.25) is 0 Å². The van der Waals surface area contributed by atoms with Gasteiger partial charge in [-0.2, -0.15) is 0 Å². The van der Waals surface area contributed by atoms with E-state index in [1.165, 1.54) is 0 Å². The average Bonchev–Trinajstić information content (AvgIpc) is 2.82. The molecule has 2 aromatic carbocycles. The molecule has 1 amide bonds. The molecule has 0 aliphatic carbocycles. The zero-order valence-corrected chi connectivity index (χ0v) is 13.8. The molecule has 0 bridgehead atoms. The first-order chi connectivity index (χ1) is 11.2. The summed E-state index contributed by atoms with van der Waals surface area (Å²) in [6.07, 6.45) is 1.07. The lowest BCUT2D eigenvalue weighted by molar-refractivity contribution is 0.0676. The number of carbonyl (C=O) groups is 1. The lowest BCUT2D eigenvalue weighted by atomic mass is 10.1. The van der Waals surface area contributed by atoms with Gasteiger partial charge in [-0.25, -0.2) is 0 Å². The Kier molecular flexibility index (Phi) is 4.77. The van der Waals surface area contributed by atoms with Gasteiger partial charge in [0.05, 0.1) is 0 Å². The molecule has 3 heteroatoms. The first kappa shape index (κ1) is 15.8. The molecule has 1 atom stereocenters. The van der Waals surface area contributed by atoms with Crippen molar-refractivity contribution in [3.05, 3.63) is 71.3 Å². The van der Waals surface area contributed by atoms with Crippen molar-refractivity contribution in [1.82, 2.24) is 10.2 Å². The third-order valence-corrected chi connectivity index (χ3v) is 4.31. The van der Waals surface area contributed by atoms with E-state index in [1.54, 1.807) is 0 Å². The molecule has 0 radical (unpaired) electrons. The molecule has 2 aromatic rings. The van der Waals surface area contributed by atoms with Gasteiger partial charge < -0.3 is 4.90 Å². The second-order valence-electron chi connectivity index (χ2n) is 6.55. The minimum Gasteiger partial charge on any atom is -0.315 e. The Balaban J connectivity index is 1.82. The predicted octanol–water partition coefficient (Wildman–Crippen LogP) is 3.98. The summed E-state index contributed by atoms with van der Waals surface area (Å²) in [5, 5.41) is 3.57. The summed E-state index contributed by atoms with van der Waals surface area (Å²) in [5.74, 6) is 0.768. The maximum absolute atomic E-state index is 12.8. The van der Waals surface area contributed by atoms with Crippen molar-refractivity contribution in [2.75, 3.05) is 6.54 Å². The van der Waals surface area contributed by atoms with Crippen molar-refractivity contribution in [1.29, 1.82) is 0 Å². The summed E-state index contributed by atoms with van der Waals surface area (Å²) in [4.78, 5) is 14.7. The van der Waals surface area contributed by atoms with Gasteiger partial charge in [0.1, 0.15) is 6.17 Å². The highest BCUT2D eigenvalue weighted by atomic mass is 16.2. The van der Waals surface area contributed by atoms with Gasteiger partial charge >= 0.3 is 0 Å². The smallest absolute Gasteiger partial charge is 0.256 e. The Morgan fingerprint density at radius 3 is 2.48 bits per heavy atom. The van der Waals surface area contributed by atoms with Gasteiger partial charge in [0, 0.05) is 17.7 Å². The molecule has 3 rings (SSSR count). The highest BCUT2D eigenvalue weighted by molar-refractivity contribution is 5.99. The number of fused-ring (bicyclic) bond motifs is 1. The fraction of sp³-hybridized carbons (Fsp3) is 0.350. The van der Waals surface area contributed by atoms with Crippen molar-refractivity contribution in [2.24, 2.45) is 5.92 Å². The van der Waals surface area contributed by atoms with Gasteiger partial charge in [-0.15, -0.1) is 0 Å². The third kappa shape index (κ3) is 3.45. The zero-order chi connectivity index (χ0) is 16.2. The van der Waals surface area contributed by atoms with Crippen molar-refractivity contribution < 1.29 is 4.79 Å². The van der Waals surface area contributed by atoms with E-state index in [1.807, 2.05) is 41.3 Å². The monoisotopic (exact) mass is 308 g/mol. The van der Waals surface area contributed by atoms with Crippen LogP contribution >= 0.6 is 0 Å². The number of hydrogen-bond acceptors (Lipinski definition) is 2. The standard InChI is InChI=1S/C20H24N2O/c1-15(2)12-13-21-19-17-10-6-7-11-18(17)20(23)22(19)14-16-8-4-3-5-9-16/h3-11,15,19,21H,12-14H2,1-2H3. The molecule has 3 nitrogen and oxygen atoms in total. The van der Waals surface area contributed by atoms with E-state index < -0.39 is 0 Å². The second kappa shape index (κ2) is 6.97. The summed E-state index contributed by atoms with van der Waals surface area (Å²) >= 11 is 0. The Bertz CT molecular complexity index is 666. The Hall–Kier alpha value is -2.13. The van der Waals surface area contributed by atoms with Gasteiger partial charge in [-0.3, -0.25) is 10.1 Å². The van der Waals surface area contributed by atoms with Crippen LogP contribution in [0.1, 0.15) is 47.9 Å². The fourth-order valence-electron chi connectivity index (χ4n) is 3.04. The van der Waals surface area contributed by atoms with Gasteiger partial charge in [-0.05, 0) is 30.5 Å². The molecular formula is C20H24N2O.